The summed E-state index contributed by atoms with van der Waals surface area (Å²) in [7, 11) is 0. The van der Waals surface area contributed by atoms with Crippen molar-refractivity contribution in [3.05, 3.63) is 80.8 Å². The number of ether oxygens (including phenoxy) is 1. The number of aromatic hydroxyl groups is 1. The molecule has 3 atom stereocenters. The Hall–Kier alpha value is -3.50. The first-order valence-corrected chi connectivity index (χ1v) is 15.4. The Labute approximate surface area is 270 Å². The summed E-state index contributed by atoms with van der Waals surface area (Å²) in [5.74, 6) is 0.560. The average Bonchev–Trinajstić information content (AvgIpc) is 2.98. The molecule has 3 aliphatic heterocycles. The summed E-state index contributed by atoms with van der Waals surface area (Å²) in [6, 6.07) is 6.15. The predicted octanol–water partition coefficient (Wildman–Crippen LogP) is 6.50. The molecule has 2 N–H and O–H groups in total. The number of carbonyl (C=O) groups is 1. The Kier molecular flexibility index (Phi) is 7.94. The summed E-state index contributed by atoms with van der Waals surface area (Å²) in [6.07, 6.45) is 1.81. The van der Waals surface area contributed by atoms with Crippen LogP contribution in [0.15, 0.2) is 48.9 Å². The number of anilines is 2. The van der Waals surface area contributed by atoms with E-state index in [4.69, 9.17) is 44.5 Å². The van der Waals surface area contributed by atoms with E-state index in [-0.39, 0.29) is 57.0 Å². The third-order valence-electron chi connectivity index (χ3n) is 8.38. The van der Waals surface area contributed by atoms with Crippen LogP contribution >= 0.6 is 34.8 Å². The van der Waals surface area contributed by atoms with E-state index in [0.717, 1.165) is 11.3 Å². The lowest BCUT2D eigenvalue weighted by Gasteiger charge is -2.52. The highest BCUT2D eigenvalue weighted by molar-refractivity contribution is 6.44. The summed E-state index contributed by atoms with van der Waals surface area (Å²) in [5, 5.41) is 23.1. The fourth-order valence-corrected chi connectivity index (χ4v) is 6.97. The number of aryl methyl sites for hydroxylation is 1. The fraction of sp³-hybridized carbons (Fsp3) is 0.344. The zero-order valence-corrected chi connectivity index (χ0v) is 27.0. The number of fused-ring (bicyclic) bond motifs is 4. The number of pyridine rings is 2. The molecule has 12 heteroatoms. The van der Waals surface area contributed by atoms with Crippen LogP contribution in [0.25, 0.3) is 17.0 Å². The lowest BCUT2D eigenvalue weighted by atomic mass is 9.95. The van der Waals surface area contributed by atoms with Gasteiger partial charge in [-0.05, 0) is 49.6 Å². The molecule has 1 aromatic carbocycles. The van der Waals surface area contributed by atoms with Gasteiger partial charge < -0.3 is 24.7 Å². The third-order valence-corrected chi connectivity index (χ3v) is 9.47. The first-order valence-electron chi connectivity index (χ1n) is 14.3. The second-order valence-corrected chi connectivity index (χ2v) is 12.8. The molecule has 0 saturated carbocycles. The van der Waals surface area contributed by atoms with Gasteiger partial charge >= 0.3 is 0 Å². The van der Waals surface area contributed by atoms with Crippen LogP contribution < -0.4 is 4.90 Å². The van der Waals surface area contributed by atoms with Gasteiger partial charge in [0, 0.05) is 42.5 Å². The molecule has 2 aromatic heterocycles. The Morgan fingerprint density at radius 1 is 1.16 bits per heavy atom. The molecule has 0 aliphatic carbocycles. The molecular weight excluding hydrogens is 625 g/mol. The normalized spacial score (nSPS) is 21.1. The maximum atomic E-state index is 12.6. The Morgan fingerprint density at radius 2 is 1.91 bits per heavy atom. The number of aliphatic hydroxyl groups is 1. The summed E-state index contributed by atoms with van der Waals surface area (Å²) in [4.78, 5) is 28.0. The number of piperazine rings is 1. The summed E-state index contributed by atoms with van der Waals surface area (Å²) < 4.78 is 6.33. The minimum absolute atomic E-state index is 0.0231. The molecule has 1 fully saturated rings. The van der Waals surface area contributed by atoms with Crippen LogP contribution in [-0.2, 0) is 9.53 Å². The van der Waals surface area contributed by atoms with E-state index < -0.39 is 6.23 Å². The number of nitrogens with zero attached hydrogens (tertiary/aromatic N) is 5. The number of aliphatic hydroxyl groups excluding tert-OH is 1. The molecule has 1 amide bonds. The highest BCUT2D eigenvalue weighted by Crippen LogP contribution is 2.50. The highest BCUT2D eigenvalue weighted by Gasteiger charge is 2.47. The smallest absolute Gasteiger partial charge is 0.246 e. The van der Waals surface area contributed by atoms with Gasteiger partial charge in [0.2, 0.25) is 5.91 Å². The van der Waals surface area contributed by atoms with E-state index >= 15 is 0 Å². The Morgan fingerprint density at radius 3 is 2.61 bits per heavy atom. The first-order chi connectivity index (χ1) is 20.9. The van der Waals surface area contributed by atoms with E-state index in [1.807, 2.05) is 33.8 Å². The Balaban J connectivity index is 1.60. The SMILES string of the molecule is C=CC(=O)N1CC2COC3=C(c4cc(Cl)c(-c5cc(O)cc(Cl)c5Cl)nc4N(c4c(C)ccnc4C(C)C)C3O)N2CC1C. The molecule has 6 rings (SSSR count). The van der Waals surface area contributed by atoms with Gasteiger partial charge in [0.1, 0.15) is 18.2 Å². The summed E-state index contributed by atoms with van der Waals surface area (Å²) >= 11 is 19.9. The van der Waals surface area contributed by atoms with Crippen molar-refractivity contribution in [1.29, 1.82) is 0 Å². The number of aromatic nitrogens is 2. The largest absolute Gasteiger partial charge is 0.508 e. The van der Waals surface area contributed by atoms with Gasteiger partial charge in [-0.15, -0.1) is 0 Å². The molecule has 230 valence electrons. The van der Waals surface area contributed by atoms with Crippen molar-refractivity contribution < 1.29 is 19.7 Å². The van der Waals surface area contributed by atoms with Crippen molar-refractivity contribution in [3.8, 4) is 17.0 Å². The average molecular weight is 657 g/mol. The number of rotatable bonds is 4. The fourth-order valence-electron chi connectivity index (χ4n) is 6.30. The first kappa shape index (κ1) is 30.5. The van der Waals surface area contributed by atoms with Gasteiger partial charge in [0.05, 0.1) is 43.9 Å². The molecule has 3 aromatic rings. The van der Waals surface area contributed by atoms with E-state index in [1.54, 1.807) is 22.1 Å². The van der Waals surface area contributed by atoms with Gasteiger partial charge in [-0.2, -0.15) is 0 Å². The maximum absolute atomic E-state index is 12.6. The van der Waals surface area contributed by atoms with Crippen molar-refractivity contribution in [1.82, 2.24) is 19.8 Å². The predicted molar refractivity (Wildman–Crippen MR) is 172 cm³/mol. The van der Waals surface area contributed by atoms with Crippen LogP contribution in [0.3, 0.4) is 0 Å². The zero-order valence-electron chi connectivity index (χ0n) is 24.7. The van der Waals surface area contributed by atoms with Crippen LogP contribution in [0, 0.1) is 6.92 Å². The van der Waals surface area contributed by atoms with Gasteiger partial charge in [-0.1, -0.05) is 55.2 Å². The van der Waals surface area contributed by atoms with E-state index in [2.05, 4.69) is 16.5 Å². The quantitative estimate of drug-likeness (QED) is 0.307. The number of carbonyl (C=O) groups excluding carboxylic acids is 1. The zero-order chi connectivity index (χ0) is 31.6. The topological polar surface area (TPSA) is 102 Å². The van der Waals surface area contributed by atoms with Gasteiger partial charge in [0.15, 0.2) is 12.0 Å². The second-order valence-electron chi connectivity index (χ2n) is 11.6. The number of halogens is 3. The molecule has 0 bridgehead atoms. The highest BCUT2D eigenvalue weighted by atomic mass is 35.5. The van der Waals surface area contributed by atoms with Crippen molar-refractivity contribution >= 4 is 57.9 Å². The molecule has 0 radical (unpaired) electrons. The molecule has 5 heterocycles. The van der Waals surface area contributed by atoms with Crippen molar-refractivity contribution in [2.45, 2.75) is 51.9 Å². The minimum Gasteiger partial charge on any atom is -0.508 e. The molecule has 3 unspecified atom stereocenters. The monoisotopic (exact) mass is 655 g/mol. The Bertz CT molecular complexity index is 1730. The van der Waals surface area contributed by atoms with Crippen molar-refractivity contribution in [3.63, 3.8) is 0 Å². The summed E-state index contributed by atoms with van der Waals surface area (Å²) in [6.45, 7) is 12.9. The summed E-state index contributed by atoms with van der Waals surface area (Å²) in [5.41, 5.74) is 4.27. The van der Waals surface area contributed by atoms with Crippen LogP contribution in [0.5, 0.6) is 5.75 Å². The maximum Gasteiger partial charge on any atom is 0.246 e. The molecule has 1 saturated heterocycles. The van der Waals surface area contributed by atoms with Crippen LogP contribution in [0.2, 0.25) is 15.1 Å². The van der Waals surface area contributed by atoms with Gasteiger partial charge in [0.25, 0.3) is 0 Å². The lowest BCUT2D eigenvalue weighted by molar-refractivity contribution is -0.132. The second kappa shape index (κ2) is 11.5. The molecule has 9 nitrogen and oxygen atoms in total. The lowest BCUT2D eigenvalue weighted by Crippen LogP contribution is -2.61. The van der Waals surface area contributed by atoms with Gasteiger partial charge in [-0.25, -0.2) is 4.98 Å². The van der Waals surface area contributed by atoms with Crippen LogP contribution in [-0.4, -0.2) is 73.9 Å². The van der Waals surface area contributed by atoms with Crippen molar-refractivity contribution in [2.24, 2.45) is 0 Å². The van der Waals surface area contributed by atoms with E-state index in [0.29, 0.717) is 47.2 Å². The number of phenols is 1. The molecule has 0 spiro atoms. The number of benzene rings is 1. The van der Waals surface area contributed by atoms with E-state index in [9.17, 15) is 15.0 Å². The molecular formula is C32H32Cl3N5O4. The van der Waals surface area contributed by atoms with Crippen molar-refractivity contribution in [2.75, 3.05) is 24.6 Å². The van der Waals surface area contributed by atoms with Crippen LogP contribution in [0.1, 0.15) is 43.5 Å². The number of phenolic OH excluding ortho intramolecular Hbond substituents is 1. The third kappa shape index (κ3) is 4.86. The van der Waals surface area contributed by atoms with Crippen LogP contribution in [0.4, 0.5) is 11.5 Å². The standard InChI is InChI=1S/C32H32Cl3N5O4/c1-6-24(42)38-13-18-14-44-30-29(39(18)12-17(38)5)21-11-23(34)27(20-9-19(41)10-22(33)25(20)35)37-31(21)40(32(30)43)28-16(4)7-8-36-26(28)15(2)3/h6-11,15,17-18,32,41,43H,1,12-14H2,2-5H3. The van der Waals surface area contributed by atoms with E-state index in [1.165, 1.54) is 18.2 Å². The number of hydrogen-bond acceptors (Lipinski definition) is 8. The molecule has 3 aliphatic rings. The van der Waals surface area contributed by atoms with Gasteiger partial charge in [-0.3, -0.25) is 14.7 Å². The molecule has 44 heavy (non-hydrogen) atoms. The minimum atomic E-state index is -1.26. The number of hydrogen-bond donors (Lipinski definition) is 2. The number of amides is 1.